The van der Waals surface area contributed by atoms with Gasteiger partial charge in [0.2, 0.25) is 5.91 Å². The molecule has 6 heteroatoms. The van der Waals surface area contributed by atoms with E-state index < -0.39 is 0 Å². The normalized spacial score (nSPS) is 12.7. The van der Waals surface area contributed by atoms with Crippen LogP contribution >= 0.6 is 0 Å². The standard InChI is InChI=1S/C17H21N5O/c1-13(2)15(11-22-10-8-18-20-22)19-17(23)12-21-9-7-14-5-3-4-6-16(14)21/h3-10,13,15H,11-12H2,1-2H3,(H,19,23)/t15-/m0/s1. The lowest BCUT2D eigenvalue weighted by Crippen LogP contribution is -2.43. The molecular weight excluding hydrogens is 290 g/mol. The van der Waals surface area contributed by atoms with E-state index >= 15 is 0 Å². The molecule has 1 aromatic carbocycles. The third kappa shape index (κ3) is 3.59. The van der Waals surface area contributed by atoms with Crippen LogP contribution in [0.3, 0.4) is 0 Å². The Hall–Kier alpha value is -2.63. The third-order valence-electron chi connectivity index (χ3n) is 4.00. The van der Waals surface area contributed by atoms with Crippen molar-refractivity contribution in [1.29, 1.82) is 0 Å². The number of rotatable bonds is 6. The molecule has 0 bridgehead atoms. The van der Waals surface area contributed by atoms with Crippen molar-refractivity contribution in [2.75, 3.05) is 0 Å². The van der Waals surface area contributed by atoms with Gasteiger partial charge in [-0.3, -0.25) is 9.48 Å². The van der Waals surface area contributed by atoms with E-state index in [0.717, 1.165) is 10.9 Å². The van der Waals surface area contributed by atoms with Crippen LogP contribution in [0.2, 0.25) is 0 Å². The lowest BCUT2D eigenvalue weighted by molar-refractivity contribution is -0.122. The van der Waals surface area contributed by atoms with Crippen LogP contribution in [0.15, 0.2) is 48.9 Å². The van der Waals surface area contributed by atoms with Gasteiger partial charge in [-0.1, -0.05) is 37.3 Å². The molecular formula is C17H21N5O. The first-order chi connectivity index (χ1) is 11.1. The van der Waals surface area contributed by atoms with E-state index in [1.165, 1.54) is 0 Å². The van der Waals surface area contributed by atoms with Crippen LogP contribution in [-0.4, -0.2) is 31.5 Å². The van der Waals surface area contributed by atoms with E-state index in [0.29, 0.717) is 19.0 Å². The van der Waals surface area contributed by atoms with Crippen LogP contribution in [0.4, 0.5) is 0 Å². The minimum absolute atomic E-state index is 0.00479. The lowest BCUT2D eigenvalue weighted by Gasteiger charge is -2.22. The van der Waals surface area contributed by atoms with Crippen molar-refractivity contribution in [2.24, 2.45) is 5.92 Å². The average molecular weight is 311 g/mol. The minimum atomic E-state index is 0.00479. The van der Waals surface area contributed by atoms with Gasteiger partial charge in [0, 0.05) is 17.9 Å². The predicted molar refractivity (Wildman–Crippen MR) is 88.7 cm³/mol. The van der Waals surface area contributed by atoms with Crippen LogP contribution in [0, 0.1) is 5.92 Å². The molecule has 2 heterocycles. The lowest BCUT2D eigenvalue weighted by atomic mass is 10.0. The van der Waals surface area contributed by atoms with E-state index in [1.54, 1.807) is 17.1 Å². The fraction of sp³-hybridized carbons (Fsp3) is 0.353. The Balaban J connectivity index is 1.67. The first-order valence-electron chi connectivity index (χ1n) is 7.81. The summed E-state index contributed by atoms with van der Waals surface area (Å²) in [4.78, 5) is 12.4. The van der Waals surface area contributed by atoms with Gasteiger partial charge in [-0.15, -0.1) is 5.10 Å². The van der Waals surface area contributed by atoms with Crippen molar-refractivity contribution in [2.45, 2.75) is 33.0 Å². The maximum Gasteiger partial charge on any atom is 0.240 e. The van der Waals surface area contributed by atoms with Crippen molar-refractivity contribution in [3.8, 4) is 0 Å². The van der Waals surface area contributed by atoms with Gasteiger partial charge in [0.25, 0.3) is 0 Å². The number of benzene rings is 1. The number of aromatic nitrogens is 4. The van der Waals surface area contributed by atoms with Gasteiger partial charge in [-0.05, 0) is 23.4 Å². The molecule has 1 N–H and O–H groups in total. The molecule has 0 radical (unpaired) electrons. The zero-order valence-corrected chi connectivity index (χ0v) is 13.4. The van der Waals surface area contributed by atoms with Crippen molar-refractivity contribution >= 4 is 16.8 Å². The van der Waals surface area contributed by atoms with Crippen molar-refractivity contribution < 1.29 is 4.79 Å². The second-order valence-corrected chi connectivity index (χ2v) is 6.05. The zero-order valence-electron chi connectivity index (χ0n) is 13.4. The molecule has 3 rings (SSSR count). The number of para-hydroxylation sites is 1. The zero-order chi connectivity index (χ0) is 16.2. The Labute approximate surface area is 135 Å². The molecule has 0 aliphatic rings. The molecule has 0 unspecified atom stereocenters. The Morgan fingerprint density at radius 3 is 2.78 bits per heavy atom. The van der Waals surface area contributed by atoms with E-state index in [1.807, 2.05) is 41.1 Å². The molecule has 0 fully saturated rings. The highest BCUT2D eigenvalue weighted by Gasteiger charge is 2.17. The number of carbonyl (C=O) groups is 1. The molecule has 0 spiro atoms. The van der Waals surface area contributed by atoms with E-state index in [4.69, 9.17) is 0 Å². The van der Waals surface area contributed by atoms with Gasteiger partial charge in [-0.25, -0.2) is 0 Å². The molecule has 1 atom stereocenters. The number of hydrogen-bond acceptors (Lipinski definition) is 3. The second kappa shape index (κ2) is 6.64. The summed E-state index contributed by atoms with van der Waals surface area (Å²) in [5, 5.41) is 12.0. The molecule has 0 aliphatic heterocycles. The summed E-state index contributed by atoms with van der Waals surface area (Å²) < 4.78 is 3.72. The Morgan fingerprint density at radius 2 is 2.04 bits per heavy atom. The molecule has 23 heavy (non-hydrogen) atoms. The number of nitrogens with zero attached hydrogens (tertiary/aromatic N) is 4. The summed E-state index contributed by atoms with van der Waals surface area (Å²) >= 11 is 0. The monoisotopic (exact) mass is 311 g/mol. The molecule has 0 saturated heterocycles. The van der Waals surface area contributed by atoms with Crippen LogP contribution < -0.4 is 5.32 Å². The molecule has 120 valence electrons. The third-order valence-corrected chi connectivity index (χ3v) is 4.00. The topological polar surface area (TPSA) is 64.7 Å². The summed E-state index contributed by atoms with van der Waals surface area (Å²) in [6.07, 6.45) is 5.40. The molecule has 0 saturated carbocycles. The van der Waals surface area contributed by atoms with Gasteiger partial charge in [-0.2, -0.15) is 0 Å². The number of amides is 1. The minimum Gasteiger partial charge on any atom is -0.350 e. The highest BCUT2D eigenvalue weighted by Crippen LogP contribution is 2.15. The summed E-state index contributed by atoms with van der Waals surface area (Å²) in [6.45, 7) is 5.11. The fourth-order valence-electron chi connectivity index (χ4n) is 2.64. The molecule has 1 amide bonds. The highest BCUT2D eigenvalue weighted by molar-refractivity contribution is 5.83. The largest absolute Gasteiger partial charge is 0.350 e. The van der Waals surface area contributed by atoms with Gasteiger partial charge in [0.15, 0.2) is 0 Å². The van der Waals surface area contributed by atoms with Crippen LogP contribution in [0.1, 0.15) is 13.8 Å². The van der Waals surface area contributed by atoms with Gasteiger partial charge < -0.3 is 9.88 Å². The van der Waals surface area contributed by atoms with Gasteiger partial charge in [0.05, 0.1) is 18.8 Å². The SMILES string of the molecule is CC(C)[C@H](Cn1ccnn1)NC(=O)Cn1ccc2ccccc21. The van der Waals surface area contributed by atoms with Crippen molar-refractivity contribution in [1.82, 2.24) is 24.9 Å². The van der Waals surface area contributed by atoms with E-state index in [9.17, 15) is 4.79 Å². The quantitative estimate of drug-likeness (QED) is 0.758. The Bertz CT molecular complexity index is 775. The highest BCUT2D eigenvalue weighted by atomic mass is 16.2. The second-order valence-electron chi connectivity index (χ2n) is 6.05. The molecule has 2 aromatic heterocycles. The van der Waals surface area contributed by atoms with Crippen LogP contribution in [0.25, 0.3) is 10.9 Å². The van der Waals surface area contributed by atoms with Crippen LogP contribution in [-0.2, 0) is 17.9 Å². The van der Waals surface area contributed by atoms with E-state index in [2.05, 4.69) is 29.5 Å². The fourth-order valence-corrected chi connectivity index (χ4v) is 2.64. The summed E-state index contributed by atoms with van der Waals surface area (Å²) in [5.41, 5.74) is 1.07. The number of carbonyl (C=O) groups excluding carboxylic acids is 1. The maximum atomic E-state index is 12.4. The summed E-state index contributed by atoms with van der Waals surface area (Å²) in [5.74, 6) is 0.315. The summed E-state index contributed by atoms with van der Waals surface area (Å²) in [6, 6.07) is 10.1. The smallest absolute Gasteiger partial charge is 0.240 e. The maximum absolute atomic E-state index is 12.4. The van der Waals surface area contributed by atoms with E-state index in [-0.39, 0.29) is 11.9 Å². The van der Waals surface area contributed by atoms with Gasteiger partial charge in [0.1, 0.15) is 6.54 Å². The first kappa shape index (κ1) is 15.3. The predicted octanol–water partition coefficient (Wildman–Crippen LogP) is 2.07. The summed E-state index contributed by atoms with van der Waals surface area (Å²) in [7, 11) is 0. The molecule has 0 aliphatic carbocycles. The molecule has 3 aromatic rings. The number of fused-ring (bicyclic) bond motifs is 1. The molecule has 6 nitrogen and oxygen atoms in total. The average Bonchev–Trinajstić information content (AvgIpc) is 3.17. The number of hydrogen-bond donors (Lipinski definition) is 1. The van der Waals surface area contributed by atoms with Crippen LogP contribution in [0.5, 0.6) is 0 Å². The number of nitrogens with one attached hydrogen (secondary N) is 1. The van der Waals surface area contributed by atoms with Gasteiger partial charge >= 0.3 is 0 Å². The van der Waals surface area contributed by atoms with Crippen molar-refractivity contribution in [3.63, 3.8) is 0 Å². The first-order valence-corrected chi connectivity index (χ1v) is 7.81. The Kier molecular flexibility index (Phi) is 4.41. The van der Waals surface area contributed by atoms with Crippen molar-refractivity contribution in [3.05, 3.63) is 48.9 Å². The Morgan fingerprint density at radius 1 is 1.22 bits per heavy atom.